The van der Waals surface area contributed by atoms with E-state index in [0.717, 1.165) is 24.9 Å². The molecule has 5 heteroatoms. The molecule has 1 fully saturated rings. The first-order valence-electron chi connectivity index (χ1n) is 5.56. The molecule has 5 nitrogen and oxygen atoms in total. The van der Waals surface area contributed by atoms with Gasteiger partial charge in [-0.1, -0.05) is 6.42 Å². The average molecular weight is 231 g/mol. The van der Waals surface area contributed by atoms with Gasteiger partial charge < -0.3 is 10.4 Å². The van der Waals surface area contributed by atoms with Crippen LogP contribution in [-0.2, 0) is 4.79 Å². The van der Waals surface area contributed by atoms with Crippen LogP contribution >= 0.6 is 0 Å². The van der Waals surface area contributed by atoms with Gasteiger partial charge in [0, 0.05) is 6.04 Å². The fraction of sp³-hybridized carbons (Fsp3) is 0.417. The maximum atomic E-state index is 11.0. The van der Waals surface area contributed by atoms with E-state index in [9.17, 15) is 4.79 Å². The van der Waals surface area contributed by atoms with Crippen LogP contribution in [0, 0.1) is 17.2 Å². The lowest BCUT2D eigenvalue weighted by Crippen LogP contribution is -2.29. The molecule has 17 heavy (non-hydrogen) atoms. The molecular weight excluding hydrogens is 218 g/mol. The lowest BCUT2D eigenvalue weighted by Gasteiger charge is -2.18. The van der Waals surface area contributed by atoms with Crippen molar-refractivity contribution in [3.05, 3.63) is 24.0 Å². The molecule has 1 aromatic rings. The number of carbonyl (C=O) groups is 1. The number of nitriles is 1. The van der Waals surface area contributed by atoms with Crippen LogP contribution < -0.4 is 5.32 Å². The summed E-state index contributed by atoms with van der Waals surface area (Å²) >= 11 is 0. The Morgan fingerprint density at radius 3 is 2.94 bits per heavy atom. The quantitative estimate of drug-likeness (QED) is 0.825. The Hall–Kier alpha value is -2.09. The molecule has 0 bridgehead atoms. The van der Waals surface area contributed by atoms with Crippen LogP contribution in [0.25, 0.3) is 0 Å². The highest BCUT2D eigenvalue weighted by Crippen LogP contribution is 2.28. The average Bonchev–Trinajstić information content (AvgIpc) is 2.78. The summed E-state index contributed by atoms with van der Waals surface area (Å²) in [6.07, 6.45) is 4.07. The van der Waals surface area contributed by atoms with Gasteiger partial charge in [-0.2, -0.15) is 5.26 Å². The molecule has 1 heterocycles. The normalized spacial score (nSPS) is 23.0. The monoisotopic (exact) mass is 231 g/mol. The van der Waals surface area contributed by atoms with Gasteiger partial charge in [-0.3, -0.25) is 4.79 Å². The lowest BCUT2D eigenvalue weighted by molar-refractivity contribution is -0.141. The third-order valence-electron chi connectivity index (χ3n) is 3.06. The Morgan fingerprint density at radius 1 is 1.53 bits per heavy atom. The predicted octanol–water partition coefficient (Wildman–Crippen LogP) is 1.62. The number of nitrogens with one attached hydrogen (secondary N) is 1. The van der Waals surface area contributed by atoms with Crippen LogP contribution in [0.1, 0.15) is 25.0 Å². The summed E-state index contributed by atoms with van der Waals surface area (Å²) in [4.78, 5) is 14.9. The second kappa shape index (κ2) is 4.83. The molecule has 1 aliphatic rings. The third-order valence-corrected chi connectivity index (χ3v) is 3.06. The second-order valence-electron chi connectivity index (χ2n) is 4.17. The number of aromatic nitrogens is 1. The van der Waals surface area contributed by atoms with Gasteiger partial charge in [0.15, 0.2) is 0 Å². The molecule has 0 aromatic carbocycles. The van der Waals surface area contributed by atoms with Crippen LogP contribution in [0.15, 0.2) is 18.3 Å². The number of carboxylic acid groups (broad SMARTS) is 1. The van der Waals surface area contributed by atoms with Gasteiger partial charge >= 0.3 is 5.97 Å². The van der Waals surface area contributed by atoms with E-state index in [1.165, 1.54) is 0 Å². The molecule has 0 radical (unpaired) electrons. The topological polar surface area (TPSA) is 86.0 Å². The fourth-order valence-electron chi connectivity index (χ4n) is 2.19. The number of rotatable bonds is 3. The summed E-state index contributed by atoms with van der Waals surface area (Å²) in [7, 11) is 0. The van der Waals surface area contributed by atoms with Crippen molar-refractivity contribution in [3.8, 4) is 6.07 Å². The molecule has 0 amide bonds. The zero-order chi connectivity index (χ0) is 12.3. The van der Waals surface area contributed by atoms with E-state index >= 15 is 0 Å². The maximum Gasteiger partial charge on any atom is 0.308 e. The van der Waals surface area contributed by atoms with Gasteiger partial charge in [-0.25, -0.2) is 4.98 Å². The van der Waals surface area contributed by atoms with E-state index in [4.69, 9.17) is 10.4 Å². The second-order valence-corrected chi connectivity index (χ2v) is 4.17. The van der Waals surface area contributed by atoms with Crippen LogP contribution in [0.4, 0.5) is 5.69 Å². The molecule has 0 saturated heterocycles. The maximum absolute atomic E-state index is 11.0. The molecule has 1 saturated carbocycles. The molecule has 0 unspecified atom stereocenters. The molecule has 2 rings (SSSR count). The molecule has 88 valence electrons. The highest BCUT2D eigenvalue weighted by atomic mass is 16.4. The zero-order valence-corrected chi connectivity index (χ0v) is 9.26. The van der Waals surface area contributed by atoms with Crippen molar-refractivity contribution >= 4 is 11.7 Å². The highest BCUT2D eigenvalue weighted by molar-refractivity contribution is 5.72. The first kappa shape index (κ1) is 11.4. The summed E-state index contributed by atoms with van der Waals surface area (Å²) in [6, 6.07) is 5.27. The number of carboxylic acids is 1. The van der Waals surface area contributed by atoms with Gasteiger partial charge in [0.2, 0.25) is 0 Å². The number of nitrogens with zero attached hydrogens (tertiary/aromatic N) is 2. The zero-order valence-electron chi connectivity index (χ0n) is 9.26. The van der Waals surface area contributed by atoms with E-state index < -0.39 is 5.97 Å². The van der Waals surface area contributed by atoms with Gasteiger partial charge in [-0.15, -0.1) is 0 Å². The van der Waals surface area contributed by atoms with Crippen LogP contribution in [0.2, 0.25) is 0 Å². The number of hydrogen-bond acceptors (Lipinski definition) is 4. The van der Waals surface area contributed by atoms with Crippen molar-refractivity contribution in [3.63, 3.8) is 0 Å². The highest BCUT2D eigenvalue weighted by Gasteiger charge is 2.32. The van der Waals surface area contributed by atoms with Gasteiger partial charge in [0.1, 0.15) is 11.8 Å². The van der Waals surface area contributed by atoms with E-state index in [1.807, 2.05) is 6.07 Å². The van der Waals surface area contributed by atoms with Crippen molar-refractivity contribution in [1.82, 2.24) is 4.98 Å². The number of pyridine rings is 1. The Balaban J connectivity index is 2.05. The summed E-state index contributed by atoms with van der Waals surface area (Å²) in [5, 5.41) is 20.8. The Morgan fingerprint density at radius 2 is 2.35 bits per heavy atom. The minimum absolute atomic E-state index is 0.0396. The van der Waals surface area contributed by atoms with Gasteiger partial charge in [-0.05, 0) is 25.0 Å². The Bertz CT molecular complexity index is 450. The number of anilines is 1. The van der Waals surface area contributed by atoms with Crippen molar-refractivity contribution in [1.29, 1.82) is 5.26 Å². The van der Waals surface area contributed by atoms with Crippen LogP contribution in [0.3, 0.4) is 0 Å². The summed E-state index contributed by atoms with van der Waals surface area (Å²) in [6.45, 7) is 0. The molecule has 0 spiro atoms. The molecule has 0 aliphatic heterocycles. The smallest absolute Gasteiger partial charge is 0.308 e. The summed E-state index contributed by atoms with van der Waals surface area (Å²) < 4.78 is 0. The summed E-state index contributed by atoms with van der Waals surface area (Å²) in [5.41, 5.74) is 1.12. The number of aliphatic carboxylic acids is 1. The minimum atomic E-state index is -0.749. The Labute approximate surface area is 99.1 Å². The van der Waals surface area contributed by atoms with Crippen LogP contribution in [0.5, 0.6) is 0 Å². The first-order valence-corrected chi connectivity index (χ1v) is 5.56. The predicted molar refractivity (Wildman–Crippen MR) is 61.3 cm³/mol. The molecular formula is C12H13N3O2. The summed E-state index contributed by atoms with van der Waals surface area (Å²) in [5.74, 6) is -1.08. The van der Waals surface area contributed by atoms with Gasteiger partial charge in [0.25, 0.3) is 0 Å². The standard InChI is InChI=1S/C12H13N3O2/c13-6-8-4-5-9(7-14-8)15-11-3-1-2-10(11)12(16)17/h4-5,7,10-11,15H,1-3H2,(H,16,17)/t10-,11+/m1/s1. The largest absolute Gasteiger partial charge is 0.481 e. The minimum Gasteiger partial charge on any atom is -0.481 e. The molecule has 2 N–H and O–H groups in total. The Kier molecular flexibility index (Phi) is 3.24. The van der Waals surface area contributed by atoms with Gasteiger partial charge in [0.05, 0.1) is 17.8 Å². The molecule has 2 atom stereocenters. The van der Waals surface area contributed by atoms with Crippen molar-refractivity contribution < 1.29 is 9.90 Å². The van der Waals surface area contributed by atoms with Crippen LogP contribution in [-0.4, -0.2) is 22.1 Å². The fourth-order valence-corrected chi connectivity index (χ4v) is 2.19. The third kappa shape index (κ3) is 2.53. The molecule has 1 aromatic heterocycles. The van der Waals surface area contributed by atoms with E-state index in [-0.39, 0.29) is 12.0 Å². The van der Waals surface area contributed by atoms with Crippen molar-refractivity contribution in [2.75, 3.05) is 5.32 Å². The molecule has 1 aliphatic carbocycles. The lowest BCUT2D eigenvalue weighted by atomic mass is 10.0. The van der Waals surface area contributed by atoms with E-state index in [1.54, 1.807) is 18.3 Å². The van der Waals surface area contributed by atoms with Crippen molar-refractivity contribution in [2.24, 2.45) is 5.92 Å². The van der Waals surface area contributed by atoms with E-state index in [2.05, 4.69) is 10.3 Å². The number of hydrogen-bond donors (Lipinski definition) is 2. The van der Waals surface area contributed by atoms with E-state index in [0.29, 0.717) is 5.69 Å². The first-order chi connectivity index (χ1) is 8.20. The SMILES string of the molecule is N#Cc1ccc(N[C@H]2CCC[C@H]2C(=O)O)cn1. The van der Waals surface area contributed by atoms with Crippen molar-refractivity contribution in [2.45, 2.75) is 25.3 Å².